The first-order chi connectivity index (χ1) is 9.04. The molecule has 0 spiro atoms. The van der Waals surface area contributed by atoms with Gasteiger partial charge >= 0.3 is 5.97 Å². The Bertz CT molecular complexity index is 696. The molecule has 4 nitrogen and oxygen atoms in total. The third kappa shape index (κ3) is 2.61. The lowest BCUT2D eigenvalue weighted by molar-refractivity contribution is 0.0695. The van der Waals surface area contributed by atoms with E-state index in [9.17, 15) is 14.0 Å². The normalized spacial score (nSPS) is 10.8. The number of fused-ring (bicyclic) bond motifs is 1. The molecule has 0 saturated carbocycles. The molecular weight excluding hydrogens is 273 g/mol. The number of aromatic nitrogens is 1. The van der Waals surface area contributed by atoms with E-state index in [0.717, 1.165) is 6.07 Å². The van der Waals surface area contributed by atoms with Gasteiger partial charge in [0.05, 0.1) is 5.52 Å². The molecule has 2 aromatic rings. The number of carbonyl (C=O) groups is 1. The number of benzene rings is 1. The number of hydrogen-bond donors (Lipinski definition) is 1. The highest BCUT2D eigenvalue weighted by Gasteiger charge is 2.14. The first-order valence-electron chi connectivity index (χ1n) is 5.66. The molecule has 1 aromatic carbocycles. The highest BCUT2D eigenvalue weighted by molar-refractivity contribution is 6.17. The van der Waals surface area contributed by atoms with Gasteiger partial charge in [-0.05, 0) is 24.6 Å². The van der Waals surface area contributed by atoms with Crippen molar-refractivity contribution in [1.29, 1.82) is 0 Å². The Hall–Kier alpha value is -1.88. The molecule has 6 heteroatoms. The van der Waals surface area contributed by atoms with Crippen molar-refractivity contribution in [2.45, 2.75) is 13.0 Å². The summed E-state index contributed by atoms with van der Waals surface area (Å²) in [7, 11) is 0. The Labute approximate surface area is 113 Å². The van der Waals surface area contributed by atoms with Gasteiger partial charge in [0, 0.05) is 24.0 Å². The van der Waals surface area contributed by atoms with Gasteiger partial charge in [0.2, 0.25) is 5.43 Å². The topological polar surface area (TPSA) is 59.3 Å². The monoisotopic (exact) mass is 283 g/mol. The van der Waals surface area contributed by atoms with E-state index in [0.29, 0.717) is 24.4 Å². The lowest BCUT2D eigenvalue weighted by atomic mass is 10.1. The van der Waals surface area contributed by atoms with E-state index >= 15 is 0 Å². The van der Waals surface area contributed by atoms with E-state index in [1.54, 1.807) is 4.57 Å². The number of halogens is 2. The average molecular weight is 284 g/mol. The predicted octanol–water partition coefficient (Wildman–Crippen LogP) is 2.47. The number of carboxylic acids is 1. The molecule has 0 amide bonds. The van der Waals surface area contributed by atoms with Crippen LogP contribution in [0.15, 0.2) is 29.2 Å². The van der Waals surface area contributed by atoms with E-state index in [2.05, 4.69) is 0 Å². The molecule has 0 bridgehead atoms. The molecule has 19 heavy (non-hydrogen) atoms. The van der Waals surface area contributed by atoms with Gasteiger partial charge in [-0.2, -0.15) is 0 Å². The predicted molar refractivity (Wildman–Crippen MR) is 70.5 cm³/mol. The number of alkyl halides is 1. The van der Waals surface area contributed by atoms with E-state index in [1.165, 1.54) is 18.3 Å². The summed E-state index contributed by atoms with van der Waals surface area (Å²) in [4.78, 5) is 23.0. The fraction of sp³-hybridized carbons (Fsp3) is 0.231. The van der Waals surface area contributed by atoms with Gasteiger partial charge in [0.1, 0.15) is 11.4 Å². The minimum atomic E-state index is -1.32. The second-order valence-corrected chi connectivity index (χ2v) is 4.45. The molecule has 0 aliphatic heterocycles. The van der Waals surface area contributed by atoms with Crippen molar-refractivity contribution in [3.8, 4) is 0 Å². The Morgan fingerprint density at radius 3 is 2.79 bits per heavy atom. The van der Waals surface area contributed by atoms with Crippen molar-refractivity contribution in [3.05, 3.63) is 46.0 Å². The summed E-state index contributed by atoms with van der Waals surface area (Å²) in [5.74, 6) is -1.48. The number of pyridine rings is 1. The number of hydrogen-bond acceptors (Lipinski definition) is 2. The van der Waals surface area contributed by atoms with Crippen LogP contribution in [-0.2, 0) is 6.54 Å². The Morgan fingerprint density at radius 1 is 1.42 bits per heavy atom. The number of rotatable bonds is 4. The smallest absolute Gasteiger partial charge is 0.341 e. The van der Waals surface area contributed by atoms with Gasteiger partial charge < -0.3 is 9.67 Å². The average Bonchev–Trinajstić information content (AvgIpc) is 2.38. The van der Waals surface area contributed by atoms with Crippen LogP contribution >= 0.6 is 11.6 Å². The van der Waals surface area contributed by atoms with Crippen molar-refractivity contribution < 1.29 is 14.3 Å². The zero-order chi connectivity index (χ0) is 14.0. The standard InChI is InChI=1S/C13H11ClFNO3/c14-4-1-5-16-7-10(13(18)19)12(17)9-6-8(15)2-3-11(9)16/h2-3,6-7H,1,4-5H2,(H,18,19). The third-order valence-electron chi connectivity index (χ3n) is 2.81. The van der Waals surface area contributed by atoms with Crippen molar-refractivity contribution in [1.82, 2.24) is 4.57 Å². The van der Waals surface area contributed by atoms with Crippen LogP contribution in [0.5, 0.6) is 0 Å². The molecule has 1 heterocycles. The summed E-state index contributed by atoms with van der Waals surface area (Å²) < 4.78 is 14.8. The van der Waals surface area contributed by atoms with Crippen LogP contribution in [0.25, 0.3) is 10.9 Å². The van der Waals surface area contributed by atoms with E-state index in [-0.39, 0.29) is 10.9 Å². The molecule has 1 N–H and O–H groups in total. The summed E-state index contributed by atoms with van der Waals surface area (Å²) in [6, 6.07) is 3.76. The highest BCUT2D eigenvalue weighted by Crippen LogP contribution is 2.14. The molecule has 0 fully saturated rings. The first-order valence-corrected chi connectivity index (χ1v) is 6.20. The Morgan fingerprint density at radius 2 is 2.16 bits per heavy atom. The maximum absolute atomic E-state index is 13.2. The van der Waals surface area contributed by atoms with Gasteiger partial charge in [-0.15, -0.1) is 11.6 Å². The van der Waals surface area contributed by atoms with Crippen molar-refractivity contribution in [3.63, 3.8) is 0 Å². The molecule has 0 unspecified atom stereocenters. The molecular formula is C13H11ClFNO3. The minimum absolute atomic E-state index is 0.0643. The van der Waals surface area contributed by atoms with Gasteiger partial charge in [-0.25, -0.2) is 9.18 Å². The lowest BCUT2D eigenvalue weighted by Crippen LogP contribution is -2.19. The second kappa shape index (κ2) is 5.40. The van der Waals surface area contributed by atoms with Gasteiger partial charge in [-0.1, -0.05) is 0 Å². The molecule has 0 radical (unpaired) electrons. The molecule has 1 aromatic heterocycles. The van der Waals surface area contributed by atoms with Gasteiger partial charge in [-0.3, -0.25) is 4.79 Å². The maximum atomic E-state index is 13.2. The van der Waals surface area contributed by atoms with Gasteiger partial charge in [0.25, 0.3) is 0 Å². The number of carboxylic acid groups (broad SMARTS) is 1. The van der Waals surface area contributed by atoms with Crippen LogP contribution < -0.4 is 5.43 Å². The lowest BCUT2D eigenvalue weighted by Gasteiger charge is -2.11. The van der Waals surface area contributed by atoms with Crippen LogP contribution in [-0.4, -0.2) is 21.5 Å². The SMILES string of the molecule is O=C(O)c1cn(CCCCl)c2ccc(F)cc2c1=O. The summed E-state index contributed by atoms with van der Waals surface area (Å²) in [6.07, 6.45) is 1.90. The van der Waals surface area contributed by atoms with E-state index in [4.69, 9.17) is 16.7 Å². The maximum Gasteiger partial charge on any atom is 0.341 e. The molecule has 0 atom stereocenters. The Balaban J connectivity index is 2.76. The van der Waals surface area contributed by atoms with E-state index < -0.39 is 17.2 Å². The number of aromatic carboxylic acids is 1. The van der Waals surface area contributed by atoms with Crippen LogP contribution in [0, 0.1) is 5.82 Å². The van der Waals surface area contributed by atoms with Crippen molar-refractivity contribution >= 4 is 28.5 Å². The first kappa shape index (κ1) is 13.5. The fourth-order valence-corrected chi connectivity index (χ4v) is 2.06. The summed E-state index contributed by atoms with van der Waals surface area (Å²) in [5.41, 5.74) is -0.543. The van der Waals surface area contributed by atoms with Gasteiger partial charge in [0.15, 0.2) is 0 Å². The molecule has 100 valence electrons. The molecule has 0 aliphatic carbocycles. The van der Waals surface area contributed by atoms with Crippen molar-refractivity contribution in [2.75, 3.05) is 5.88 Å². The van der Waals surface area contributed by atoms with E-state index in [1.807, 2.05) is 0 Å². The van der Waals surface area contributed by atoms with Crippen LogP contribution in [0.4, 0.5) is 4.39 Å². The Kier molecular flexibility index (Phi) is 3.85. The number of aryl methyl sites for hydroxylation is 1. The highest BCUT2D eigenvalue weighted by atomic mass is 35.5. The summed E-state index contributed by atoms with van der Waals surface area (Å²) in [5, 5.41) is 9.08. The largest absolute Gasteiger partial charge is 0.477 e. The second-order valence-electron chi connectivity index (χ2n) is 4.07. The quantitative estimate of drug-likeness (QED) is 0.877. The number of nitrogens with zero attached hydrogens (tertiary/aromatic N) is 1. The van der Waals surface area contributed by atoms with Crippen molar-refractivity contribution in [2.24, 2.45) is 0 Å². The molecule has 0 aliphatic rings. The van der Waals surface area contributed by atoms with Crippen LogP contribution in [0.1, 0.15) is 16.8 Å². The summed E-state index contributed by atoms with van der Waals surface area (Å²) >= 11 is 5.61. The zero-order valence-electron chi connectivity index (χ0n) is 9.90. The molecule has 0 saturated heterocycles. The summed E-state index contributed by atoms with van der Waals surface area (Å²) in [6.45, 7) is 0.464. The third-order valence-corrected chi connectivity index (χ3v) is 3.07. The minimum Gasteiger partial charge on any atom is -0.477 e. The van der Waals surface area contributed by atoms with Crippen LogP contribution in [0.2, 0.25) is 0 Å². The molecule has 2 rings (SSSR count). The zero-order valence-corrected chi connectivity index (χ0v) is 10.7. The van der Waals surface area contributed by atoms with Crippen LogP contribution in [0.3, 0.4) is 0 Å². The fourth-order valence-electron chi connectivity index (χ4n) is 1.94.